The Kier molecular flexibility index (Phi) is 8.96. The van der Waals surface area contributed by atoms with Crippen LogP contribution in [0.2, 0.25) is 10.0 Å². The number of amides is 2. The van der Waals surface area contributed by atoms with E-state index in [1.807, 2.05) is 6.92 Å². The van der Waals surface area contributed by atoms with Gasteiger partial charge in [0.25, 0.3) is 0 Å². The van der Waals surface area contributed by atoms with Crippen LogP contribution in [0.3, 0.4) is 0 Å². The molecule has 0 saturated heterocycles. The third-order valence-electron chi connectivity index (χ3n) is 5.36. The molecule has 2 aromatic rings. The molecule has 2 rings (SSSR count). The maximum atomic E-state index is 13.2. The zero-order valence-electron chi connectivity index (χ0n) is 19.0. The number of benzene rings is 2. The van der Waals surface area contributed by atoms with Gasteiger partial charge >= 0.3 is 0 Å². The molecule has 0 aromatic heterocycles. The van der Waals surface area contributed by atoms with E-state index in [1.54, 1.807) is 30.0 Å². The quantitative estimate of drug-likeness (QED) is 0.540. The topological polar surface area (TPSA) is 49.4 Å². The summed E-state index contributed by atoms with van der Waals surface area (Å²) in [5.41, 5.74) is 3.07. The highest BCUT2D eigenvalue weighted by Crippen LogP contribution is 2.27. The number of hydrogen-bond acceptors (Lipinski definition) is 2. The molecule has 4 nitrogen and oxygen atoms in total. The van der Waals surface area contributed by atoms with Gasteiger partial charge in [0, 0.05) is 35.1 Å². The number of nitrogens with one attached hydrogen (secondary N) is 1. The van der Waals surface area contributed by atoms with Gasteiger partial charge in [-0.2, -0.15) is 0 Å². The summed E-state index contributed by atoms with van der Waals surface area (Å²) in [6.07, 6.45) is 0.888. The number of aryl methyl sites for hydroxylation is 1. The fraction of sp³-hybridized carbons (Fsp3) is 0.440. The molecule has 6 heteroatoms. The fourth-order valence-corrected chi connectivity index (χ4v) is 3.84. The van der Waals surface area contributed by atoms with E-state index in [4.69, 9.17) is 23.2 Å². The Labute approximate surface area is 195 Å². The molecule has 1 atom stereocenters. The van der Waals surface area contributed by atoms with Gasteiger partial charge in [0.15, 0.2) is 0 Å². The molecule has 0 aliphatic heterocycles. The van der Waals surface area contributed by atoms with E-state index in [1.165, 1.54) is 5.56 Å². The Morgan fingerprint density at radius 2 is 1.61 bits per heavy atom. The van der Waals surface area contributed by atoms with Crippen molar-refractivity contribution >= 4 is 35.0 Å². The van der Waals surface area contributed by atoms with E-state index < -0.39 is 6.04 Å². The SMILES string of the molecule is CCNC(=O)[C@@H](C)N(Cc1c(Cl)cccc1Cl)C(=O)CCc1ccc(C(C)(C)C)cc1. The second kappa shape index (κ2) is 11.0. The van der Waals surface area contributed by atoms with E-state index in [9.17, 15) is 9.59 Å². The van der Waals surface area contributed by atoms with Crippen molar-refractivity contribution in [3.05, 3.63) is 69.2 Å². The Bertz CT molecular complexity index is 884. The highest BCUT2D eigenvalue weighted by Gasteiger charge is 2.27. The van der Waals surface area contributed by atoms with Crippen molar-refractivity contribution in [2.24, 2.45) is 0 Å². The van der Waals surface area contributed by atoms with Crippen LogP contribution in [0.1, 0.15) is 57.7 Å². The summed E-state index contributed by atoms with van der Waals surface area (Å²) in [7, 11) is 0. The maximum absolute atomic E-state index is 13.2. The fourth-order valence-electron chi connectivity index (χ4n) is 3.32. The van der Waals surface area contributed by atoms with Crippen molar-refractivity contribution in [2.45, 2.75) is 65.5 Å². The van der Waals surface area contributed by atoms with Gasteiger partial charge in [-0.15, -0.1) is 0 Å². The van der Waals surface area contributed by atoms with Crippen LogP contribution >= 0.6 is 23.2 Å². The minimum atomic E-state index is -0.636. The third kappa shape index (κ3) is 6.98. The highest BCUT2D eigenvalue weighted by molar-refractivity contribution is 6.36. The Morgan fingerprint density at radius 1 is 1.03 bits per heavy atom. The van der Waals surface area contributed by atoms with Gasteiger partial charge in [-0.3, -0.25) is 9.59 Å². The lowest BCUT2D eigenvalue weighted by molar-refractivity contribution is -0.140. The van der Waals surface area contributed by atoms with Crippen LogP contribution in [0.5, 0.6) is 0 Å². The number of likely N-dealkylation sites (N-methyl/N-ethyl adjacent to an activating group) is 1. The average Bonchev–Trinajstić information content (AvgIpc) is 2.71. The lowest BCUT2D eigenvalue weighted by atomic mass is 9.86. The molecule has 0 aliphatic rings. The molecule has 0 bridgehead atoms. The number of carbonyl (C=O) groups is 2. The lowest BCUT2D eigenvalue weighted by Gasteiger charge is -2.29. The van der Waals surface area contributed by atoms with Crippen LogP contribution in [0.15, 0.2) is 42.5 Å². The smallest absolute Gasteiger partial charge is 0.242 e. The molecule has 0 fully saturated rings. The van der Waals surface area contributed by atoms with Crippen LogP contribution in [0, 0.1) is 0 Å². The summed E-state index contributed by atoms with van der Waals surface area (Å²) in [5.74, 6) is -0.316. The first-order valence-electron chi connectivity index (χ1n) is 10.6. The van der Waals surface area contributed by atoms with Gasteiger partial charge in [-0.25, -0.2) is 0 Å². The van der Waals surface area contributed by atoms with E-state index >= 15 is 0 Å². The largest absolute Gasteiger partial charge is 0.355 e. The summed E-state index contributed by atoms with van der Waals surface area (Å²) >= 11 is 12.7. The van der Waals surface area contributed by atoms with E-state index in [2.05, 4.69) is 50.4 Å². The molecule has 0 aliphatic carbocycles. The van der Waals surface area contributed by atoms with Gasteiger partial charge < -0.3 is 10.2 Å². The molecule has 0 spiro atoms. The Morgan fingerprint density at radius 3 is 2.13 bits per heavy atom. The zero-order valence-corrected chi connectivity index (χ0v) is 20.5. The number of carbonyl (C=O) groups excluding carboxylic acids is 2. The number of rotatable bonds is 8. The molecular weight excluding hydrogens is 431 g/mol. The standard InChI is InChI=1S/C25H32Cl2N2O2/c1-6-28-24(31)17(2)29(16-20-21(26)8-7-9-22(20)27)23(30)15-12-18-10-13-19(14-11-18)25(3,4)5/h7-11,13-14,17H,6,12,15-16H2,1-5H3,(H,28,31)/t17-/m1/s1. The van der Waals surface area contributed by atoms with Crippen molar-refractivity contribution in [1.29, 1.82) is 0 Å². The van der Waals surface area contributed by atoms with Gasteiger partial charge in [0.1, 0.15) is 6.04 Å². The van der Waals surface area contributed by atoms with Crippen LogP contribution in [0.4, 0.5) is 0 Å². The molecule has 2 aromatic carbocycles. The number of nitrogens with zero attached hydrogens (tertiary/aromatic N) is 1. The molecule has 2 amide bonds. The molecule has 31 heavy (non-hydrogen) atoms. The first-order chi connectivity index (χ1) is 14.5. The van der Waals surface area contributed by atoms with Crippen LogP contribution < -0.4 is 5.32 Å². The van der Waals surface area contributed by atoms with Gasteiger partial charge in [-0.1, -0.05) is 74.3 Å². The summed E-state index contributed by atoms with van der Waals surface area (Å²) < 4.78 is 0. The molecule has 1 N–H and O–H groups in total. The van der Waals surface area contributed by atoms with Gasteiger partial charge in [0.05, 0.1) is 0 Å². The normalized spacial score (nSPS) is 12.4. The zero-order chi connectivity index (χ0) is 23.2. The second-order valence-corrected chi connectivity index (χ2v) is 9.55. The summed E-state index contributed by atoms with van der Waals surface area (Å²) in [6, 6.07) is 12.9. The second-order valence-electron chi connectivity index (χ2n) is 8.74. The van der Waals surface area contributed by atoms with Crippen LogP contribution in [0.25, 0.3) is 0 Å². The first kappa shape index (κ1) is 25.2. The van der Waals surface area contributed by atoms with Crippen molar-refractivity contribution < 1.29 is 9.59 Å². The van der Waals surface area contributed by atoms with E-state index in [-0.39, 0.29) is 23.8 Å². The molecular formula is C25H32Cl2N2O2. The summed E-state index contributed by atoms with van der Waals surface area (Å²) in [5, 5.41) is 3.75. The average molecular weight is 463 g/mol. The highest BCUT2D eigenvalue weighted by atomic mass is 35.5. The first-order valence-corrected chi connectivity index (χ1v) is 11.4. The predicted octanol–water partition coefficient (Wildman–Crippen LogP) is 5.78. The monoisotopic (exact) mass is 462 g/mol. The van der Waals surface area contributed by atoms with Crippen molar-refractivity contribution in [3.63, 3.8) is 0 Å². The molecule has 0 unspecified atom stereocenters. The summed E-state index contributed by atoms with van der Waals surface area (Å²) in [4.78, 5) is 27.2. The number of hydrogen-bond donors (Lipinski definition) is 1. The van der Waals surface area contributed by atoms with Crippen LogP contribution in [-0.4, -0.2) is 29.3 Å². The van der Waals surface area contributed by atoms with Gasteiger partial charge in [0.2, 0.25) is 11.8 Å². The van der Waals surface area contributed by atoms with Crippen LogP contribution in [-0.2, 0) is 28.0 Å². The Balaban J connectivity index is 2.18. The molecule has 168 valence electrons. The van der Waals surface area contributed by atoms with E-state index in [0.29, 0.717) is 35.0 Å². The van der Waals surface area contributed by atoms with Gasteiger partial charge in [-0.05, 0) is 48.9 Å². The van der Waals surface area contributed by atoms with Crippen molar-refractivity contribution in [2.75, 3.05) is 6.54 Å². The molecule has 0 radical (unpaired) electrons. The number of halogens is 2. The lowest BCUT2D eigenvalue weighted by Crippen LogP contribution is -2.47. The minimum Gasteiger partial charge on any atom is -0.355 e. The predicted molar refractivity (Wildman–Crippen MR) is 129 cm³/mol. The Hall–Kier alpha value is -2.04. The van der Waals surface area contributed by atoms with E-state index in [0.717, 1.165) is 5.56 Å². The molecule has 0 heterocycles. The summed E-state index contributed by atoms with van der Waals surface area (Å²) in [6.45, 7) is 10.8. The maximum Gasteiger partial charge on any atom is 0.242 e. The van der Waals surface area contributed by atoms with Crippen molar-refractivity contribution in [1.82, 2.24) is 10.2 Å². The molecule has 0 saturated carbocycles. The third-order valence-corrected chi connectivity index (χ3v) is 6.06. The minimum absolute atomic E-state index is 0.0848. The van der Waals surface area contributed by atoms with Crippen molar-refractivity contribution in [3.8, 4) is 0 Å².